The monoisotopic (exact) mass is 520 g/mol. The van der Waals surface area contributed by atoms with Crippen LogP contribution in [0.15, 0.2) is 139 Å². The zero-order valence-corrected chi connectivity index (χ0v) is 21.1. The van der Waals surface area contributed by atoms with Crippen molar-refractivity contribution < 1.29 is 13.7 Å². The number of fused-ring (bicyclic) bond motifs is 4. The molecule has 40 heavy (non-hydrogen) atoms. The van der Waals surface area contributed by atoms with Crippen LogP contribution in [0.3, 0.4) is 0 Å². The minimum Gasteiger partial charge on any atom is -0.296 e. The molecule has 8 aromatic rings. The van der Waals surface area contributed by atoms with Gasteiger partial charge in [-0.1, -0.05) is 115 Å². The van der Waals surface area contributed by atoms with Gasteiger partial charge in [0.1, 0.15) is 5.82 Å². The first-order valence-electron chi connectivity index (χ1n) is 17.9. The van der Waals surface area contributed by atoms with Crippen LogP contribution in [0.25, 0.3) is 71.3 Å². The highest BCUT2D eigenvalue weighted by Gasteiger charge is 2.20. The molecule has 1 heterocycles. The molecular weight excluding hydrogens is 484 g/mol. The normalized spacial score (nSPS) is 15.5. The van der Waals surface area contributed by atoms with Crippen LogP contribution in [0.4, 0.5) is 0 Å². The number of hydrogen-bond donors (Lipinski definition) is 0. The van der Waals surface area contributed by atoms with Crippen LogP contribution in [0.1, 0.15) is 19.5 Å². The summed E-state index contributed by atoms with van der Waals surface area (Å²) in [7, 11) is 0. The van der Waals surface area contributed by atoms with Gasteiger partial charge in [-0.3, -0.25) is 4.57 Å². The second kappa shape index (κ2) is 8.93. The van der Waals surface area contributed by atoms with Gasteiger partial charge in [-0.15, -0.1) is 0 Å². The Morgan fingerprint density at radius 3 is 2.00 bits per heavy atom. The van der Waals surface area contributed by atoms with E-state index < -0.39 is 31.0 Å². The third-order valence-corrected chi connectivity index (χ3v) is 7.41. The molecule has 0 aliphatic rings. The van der Waals surface area contributed by atoms with Crippen molar-refractivity contribution in [2.45, 2.75) is 6.85 Å². The lowest BCUT2D eigenvalue weighted by atomic mass is 9.85. The van der Waals surface area contributed by atoms with Crippen molar-refractivity contribution in [1.82, 2.24) is 9.55 Å². The average Bonchev–Trinajstić information content (AvgIpc) is 3.51. The number of aryl methyl sites for hydroxylation is 1. The van der Waals surface area contributed by atoms with Crippen LogP contribution >= 0.6 is 0 Å². The minimum atomic E-state index is -2.52. The summed E-state index contributed by atoms with van der Waals surface area (Å²) >= 11 is 0. The van der Waals surface area contributed by atoms with Crippen molar-refractivity contribution in [3.8, 4) is 27.9 Å². The van der Waals surface area contributed by atoms with Crippen molar-refractivity contribution in [3.63, 3.8) is 0 Å². The number of imidazole rings is 1. The van der Waals surface area contributed by atoms with E-state index >= 15 is 0 Å². The molecule has 188 valence electrons. The van der Waals surface area contributed by atoms with E-state index in [1.54, 1.807) is 10.6 Å². The molecule has 2 heteroatoms. The third-order valence-electron chi connectivity index (χ3n) is 7.41. The van der Waals surface area contributed by atoms with Crippen LogP contribution in [0, 0.1) is 6.85 Å². The second-order valence-electron chi connectivity index (χ2n) is 9.62. The molecular formula is C38H26N2. The first-order valence-corrected chi connectivity index (χ1v) is 12.9. The minimum absolute atomic E-state index is 0.0715. The van der Waals surface area contributed by atoms with E-state index in [-0.39, 0.29) is 40.3 Å². The fraction of sp³-hybridized carbons (Fsp3) is 0.0263. The van der Waals surface area contributed by atoms with Crippen molar-refractivity contribution in [2.75, 3.05) is 0 Å². The number of hydrogen-bond acceptors (Lipinski definition) is 1. The van der Waals surface area contributed by atoms with Gasteiger partial charge in [0, 0.05) is 9.68 Å². The van der Waals surface area contributed by atoms with Gasteiger partial charge in [-0.05, 0) is 80.1 Å². The van der Waals surface area contributed by atoms with Crippen LogP contribution < -0.4 is 0 Å². The summed E-state index contributed by atoms with van der Waals surface area (Å²) in [5, 5.41) is 2.53. The summed E-state index contributed by atoms with van der Waals surface area (Å²) in [6, 6.07) is 27.0. The number of nitrogens with zero attached hydrogens (tertiary/aromatic N) is 2. The van der Waals surface area contributed by atoms with E-state index in [0.717, 1.165) is 21.9 Å². The maximum Gasteiger partial charge on any atom is 0.111 e. The van der Waals surface area contributed by atoms with Gasteiger partial charge in [-0.25, -0.2) is 4.98 Å². The SMILES string of the molecule is [2H]c1c([2H])c([2H])c2c([2H])c(-c3c4ccccc4c(-c4ccccc4-n4c(C([2H])([2H])[2H])nc5ccccc54)c4ccccc34)c([2H])c([2H])c2c1[2H]. The summed E-state index contributed by atoms with van der Waals surface area (Å²) in [5.74, 6) is -0.0715. The first kappa shape index (κ1) is 14.8. The summed E-state index contributed by atoms with van der Waals surface area (Å²) in [6.45, 7) is -2.52. The standard InChI is InChI=1S/C38H26N2/c1-25-39-34-19-9-11-21-36(34)40(25)35-20-10-8-18-33(35)38-31-16-6-4-14-29(31)37(30-15-5-7-17-32(30)38)28-23-22-26-12-2-3-13-27(26)24-28/h2-24H,1H3/i1D3,2D,3D,12D,13D,22D,23D,24D. The Bertz CT molecular complexity index is 2670. The molecule has 0 aliphatic heterocycles. The lowest BCUT2D eigenvalue weighted by Crippen LogP contribution is -2.00. The Kier molecular flexibility index (Phi) is 3.31. The van der Waals surface area contributed by atoms with E-state index in [1.165, 1.54) is 0 Å². The maximum absolute atomic E-state index is 9.36. The maximum atomic E-state index is 9.36. The number of rotatable bonds is 3. The number of aromatic nitrogens is 2. The smallest absolute Gasteiger partial charge is 0.111 e. The largest absolute Gasteiger partial charge is 0.296 e. The van der Waals surface area contributed by atoms with Crippen molar-refractivity contribution in [2.24, 2.45) is 0 Å². The predicted octanol–water partition coefficient (Wildman–Crippen LogP) is 10.1. The lowest BCUT2D eigenvalue weighted by molar-refractivity contribution is 1.00. The van der Waals surface area contributed by atoms with E-state index in [9.17, 15) is 2.74 Å². The Balaban J connectivity index is 1.54. The number of benzene rings is 7. The molecule has 0 saturated heterocycles. The summed E-state index contributed by atoms with van der Waals surface area (Å²) < 4.78 is 87.9. The van der Waals surface area contributed by atoms with E-state index in [4.69, 9.17) is 11.0 Å². The molecule has 0 bridgehead atoms. The van der Waals surface area contributed by atoms with Gasteiger partial charge >= 0.3 is 0 Å². The fourth-order valence-electron chi connectivity index (χ4n) is 5.74. The van der Waals surface area contributed by atoms with Gasteiger partial charge in [0.15, 0.2) is 0 Å². The van der Waals surface area contributed by atoms with Crippen molar-refractivity contribution in [1.29, 1.82) is 0 Å². The molecule has 7 aromatic carbocycles. The summed E-state index contributed by atoms with van der Waals surface area (Å²) in [6.07, 6.45) is 0. The van der Waals surface area contributed by atoms with E-state index in [2.05, 4.69) is 4.98 Å². The second-order valence-corrected chi connectivity index (χ2v) is 9.62. The molecule has 0 fully saturated rings. The van der Waals surface area contributed by atoms with E-state index in [0.29, 0.717) is 33.1 Å². The molecule has 0 unspecified atom stereocenters. The highest BCUT2D eigenvalue weighted by atomic mass is 15.1. The lowest BCUT2D eigenvalue weighted by Gasteiger charge is -2.20. The highest BCUT2D eigenvalue weighted by Crippen LogP contribution is 2.45. The van der Waals surface area contributed by atoms with Gasteiger partial charge in [-0.2, -0.15) is 0 Å². The van der Waals surface area contributed by atoms with Crippen LogP contribution in [0.5, 0.6) is 0 Å². The van der Waals surface area contributed by atoms with Gasteiger partial charge < -0.3 is 0 Å². The molecule has 8 rings (SSSR count). The molecule has 2 nitrogen and oxygen atoms in total. The Morgan fingerprint density at radius 2 is 1.25 bits per heavy atom. The molecule has 0 aliphatic carbocycles. The van der Waals surface area contributed by atoms with Crippen molar-refractivity contribution in [3.05, 3.63) is 145 Å². The van der Waals surface area contributed by atoms with E-state index in [1.807, 2.05) is 91.0 Å². The molecule has 0 atom stereocenters. The first-order chi connectivity index (χ1) is 23.9. The Hall–Kier alpha value is -5.21. The summed E-state index contributed by atoms with van der Waals surface area (Å²) in [5.41, 5.74) is 3.88. The molecule has 1 aromatic heterocycles. The van der Waals surface area contributed by atoms with Gasteiger partial charge in [0.25, 0.3) is 0 Å². The predicted molar refractivity (Wildman–Crippen MR) is 169 cm³/mol. The molecule has 0 radical (unpaired) electrons. The third kappa shape index (κ3) is 3.40. The van der Waals surface area contributed by atoms with Gasteiger partial charge in [0.05, 0.1) is 26.3 Å². The summed E-state index contributed by atoms with van der Waals surface area (Å²) in [4.78, 5) is 4.54. The highest BCUT2D eigenvalue weighted by molar-refractivity contribution is 6.22. The van der Waals surface area contributed by atoms with Gasteiger partial charge in [0.2, 0.25) is 0 Å². The Labute approximate surface area is 246 Å². The molecule has 0 spiro atoms. The van der Waals surface area contributed by atoms with Crippen molar-refractivity contribution >= 4 is 43.4 Å². The van der Waals surface area contributed by atoms with Crippen LogP contribution in [-0.2, 0) is 0 Å². The fourth-order valence-corrected chi connectivity index (χ4v) is 5.74. The zero-order valence-electron chi connectivity index (χ0n) is 31.1. The number of para-hydroxylation sites is 3. The quantitative estimate of drug-likeness (QED) is 0.212. The Morgan fingerprint density at radius 1 is 0.625 bits per heavy atom. The van der Waals surface area contributed by atoms with Crippen LogP contribution in [-0.4, -0.2) is 9.55 Å². The topological polar surface area (TPSA) is 17.8 Å². The molecule has 0 saturated carbocycles. The molecule has 0 N–H and O–H groups in total. The molecule has 0 amide bonds. The zero-order chi connectivity index (χ0) is 35.2. The average molecular weight is 521 g/mol. The van der Waals surface area contributed by atoms with Crippen LogP contribution in [0.2, 0.25) is 0 Å².